The second-order valence-corrected chi connectivity index (χ2v) is 5.29. The maximum Gasteiger partial charge on any atom is 0.358 e. The molecule has 0 amide bonds. The Hall–Kier alpha value is -2.30. The third-order valence-corrected chi connectivity index (χ3v) is 3.78. The van der Waals surface area contributed by atoms with E-state index < -0.39 is 5.97 Å². The highest BCUT2D eigenvalue weighted by Crippen LogP contribution is 2.27. The molecular weight excluding hydrogens is 268 g/mol. The molecule has 1 N–H and O–H groups in total. The number of hydrogen-bond acceptors (Lipinski definition) is 3. The molecule has 0 unspecified atom stereocenters. The quantitative estimate of drug-likeness (QED) is 0.936. The molecule has 1 aromatic heterocycles. The van der Waals surface area contributed by atoms with Gasteiger partial charge in [0.2, 0.25) is 0 Å². The van der Waals surface area contributed by atoms with Crippen molar-refractivity contribution < 1.29 is 14.6 Å². The van der Waals surface area contributed by atoms with Gasteiger partial charge >= 0.3 is 5.97 Å². The van der Waals surface area contributed by atoms with E-state index in [-0.39, 0.29) is 11.8 Å². The molecule has 0 bridgehead atoms. The number of aromatic nitrogens is 2. The Kier molecular flexibility index (Phi) is 3.90. The summed E-state index contributed by atoms with van der Waals surface area (Å²) in [4.78, 5) is 11.6. The van der Waals surface area contributed by atoms with Crippen molar-refractivity contribution in [2.24, 2.45) is 0 Å². The van der Waals surface area contributed by atoms with Crippen LogP contribution in [0.5, 0.6) is 5.75 Å². The molecule has 0 atom stereocenters. The molecule has 0 spiro atoms. The minimum atomic E-state index is -1.03. The first-order valence-corrected chi connectivity index (χ1v) is 7.29. The fourth-order valence-electron chi connectivity index (χ4n) is 2.74. The van der Waals surface area contributed by atoms with Crippen LogP contribution >= 0.6 is 0 Å². The molecule has 1 aliphatic rings. The van der Waals surface area contributed by atoms with Gasteiger partial charge in [0.25, 0.3) is 0 Å². The zero-order valence-electron chi connectivity index (χ0n) is 11.7. The van der Waals surface area contributed by atoms with E-state index in [4.69, 9.17) is 4.74 Å². The number of hydrogen-bond donors (Lipinski definition) is 1. The molecular formula is C16H18N2O3. The molecule has 1 saturated carbocycles. The van der Waals surface area contributed by atoms with Crippen molar-refractivity contribution in [2.45, 2.75) is 38.2 Å². The van der Waals surface area contributed by atoms with Gasteiger partial charge in [0.15, 0.2) is 11.4 Å². The number of carbonyl (C=O) groups is 1. The van der Waals surface area contributed by atoms with Crippen LogP contribution in [-0.2, 0) is 0 Å². The molecule has 1 aliphatic carbocycles. The van der Waals surface area contributed by atoms with Gasteiger partial charge in [-0.3, -0.25) is 0 Å². The number of aromatic carboxylic acids is 1. The summed E-state index contributed by atoms with van der Waals surface area (Å²) in [6.45, 7) is 0. The van der Waals surface area contributed by atoms with Crippen molar-refractivity contribution in [1.29, 1.82) is 0 Å². The third-order valence-electron chi connectivity index (χ3n) is 3.78. The summed E-state index contributed by atoms with van der Waals surface area (Å²) in [5.74, 6) is -0.666. The van der Waals surface area contributed by atoms with Crippen molar-refractivity contribution in [3.05, 3.63) is 42.2 Å². The number of ether oxygens (including phenoxy) is 1. The molecule has 2 aromatic rings. The highest BCUT2D eigenvalue weighted by atomic mass is 16.5. The standard InChI is InChI=1S/C16H18N2O3/c19-16(20)15-14(21-13-9-5-2-6-10-13)11-17-18(15)12-7-3-1-4-8-12/h1,3-4,7-8,11,13H,2,5-6,9-10H2,(H,19,20). The Morgan fingerprint density at radius 3 is 2.57 bits per heavy atom. The lowest BCUT2D eigenvalue weighted by atomic mass is 9.98. The lowest BCUT2D eigenvalue weighted by Gasteiger charge is -2.22. The molecule has 3 rings (SSSR count). The van der Waals surface area contributed by atoms with Gasteiger partial charge < -0.3 is 9.84 Å². The van der Waals surface area contributed by atoms with Gasteiger partial charge in [-0.15, -0.1) is 0 Å². The average molecular weight is 286 g/mol. The van der Waals surface area contributed by atoms with Crippen LogP contribution in [0.4, 0.5) is 0 Å². The first kappa shape index (κ1) is 13.7. The molecule has 0 aliphatic heterocycles. The van der Waals surface area contributed by atoms with Gasteiger partial charge in [0.1, 0.15) is 0 Å². The van der Waals surface area contributed by atoms with Gasteiger partial charge in [-0.1, -0.05) is 24.6 Å². The maximum atomic E-state index is 11.6. The Bertz CT molecular complexity index is 616. The largest absolute Gasteiger partial charge is 0.486 e. The zero-order chi connectivity index (χ0) is 14.7. The summed E-state index contributed by atoms with van der Waals surface area (Å²) < 4.78 is 7.30. The Morgan fingerprint density at radius 2 is 1.90 bits per heavy atom. The van der Waals surface area contributed by atoms with Gasteiger partial charge in [0.05, 0.1) is 18.0 Å². The third kappa shape index (κ3) is 2.91. The summed E-state index contributed by atoms with van der Waals surface area (Å²) >= 11 is 0. The van der Waals surface area contributed by atoms with Crippen LogP contribution in [0.1, 0.15) is 42.6 Å². The number of rotatable bonds is 4. The van der Waals surface area contributed by atoms with Crippen LogP contribution in [0.2, 0.25) is 0 Å². The predicted molar refractivity (Wildman–Crippen MR) is 78.0 cm³/mol. The normalized spacial score (nSPS) is 15.8. The van der Waals surface area contributed by atoms with Gasteiger partial charge in [0, 0.05) is 0 Å². The van der Waals surface area contributed by atoms with Crippen LogP contribution in [0.3, 0.4) is 0 Å². The SMILES string of the molecule is O=C(O)c1c(OC2CCCCC2)cnn1-c1ccccc1. The lowest BCUT2D eigenvalue weighted by molar-refractivity contribution is 0.0676. The Morgan fingerprint density at radius 1 is 1.19 bits per heavy atom. The maximum absolute atomic E-state index is 11.6. The van der Waals surface area contributed by atoms with Crippen LogP contribution < -0.4 is 4.74 Å². The van der Waals surface area contributed by atoms with E-state index in [0.29, 0.717) is 11.4 Å². The lowest BCUT2D eigenvalue weighted by Crippen LogP contribution is -2.21. The van der Waals surface area contributed by atoms with Crippen molar-refractivity contribution in [3.8, 4) is 11.4 Å². The van der Waals surface area contributed by atoms with Crippen LogP contribution in [0.15, 0.2) is 36.5 Å². The number of para-hydroxylation sites is 1. The van der Waals surface area contributed by atoms with E-state index in [0.717, 1.165) is 25.7 Å². The van der Waals surface area contributed by atoms with Gasteiger partial charge in [-0.2, -0.15) is 5.10 Å². The summed E-state index contributed by atoms with van der Waals surface area (Å²) in [6.07, 6.45) is 7.08. The predicted octanol–water partition coefficient (Wildman–Crippen LogP) is 3.28. The highest BCUT2D eigenvalue weighted by Gasteiger charge is 2.23. The minimum Gasteiger partial charge on any atom is -0.486 e. The summed E-state index contributed by atoms with van der Waals surface area (Å²) in [7, 11) is 0. The van der Waals surface area contributed by atoms with E-state index in [2.05, 4.69) is 5.10 Å². The Labute approximate surface area is 123 Å². The highest BCUT2D eigenvalue weighted by molar-refractivity contribution is 5.89. The minimum absolute atomic E-state index is 0.0896. The molecule has 1 fully saturated rings. The number of carboxylic acids is 1. The summed E-state index contributed by atoms with van der Waals surface area (Å²) in [6, 6.07) is 9.23. The molecule has 110 valence electrons. The van der Waals surface area contributed by atoms with E-state index in [1.807, 2.05) is 30.3 Å². The van der Waals surface area contributed by atoms with E-state index in [1.54, 1.807) is 0 Å². The molecule has 21 heavy (non-hydrogen) atoms. The molecule has 0 radical (unpaired) electrons. The average Bonchev–Trinajstić information content (AvgIpc) is 2.93. The molecule has 5 nitrogen and oxygen atoms in total. The van der Waals surface area contributed by atoms with Crippen molar-refractivity contribution in [3.63, 3.8) is 0 Å². The van der Waals surface area contributed by atoms with Gasteiger partial charge in [-0.05, 0) is 37.8 Å². The summed E-state index contributed by atoms with van der Waals surface area (Å²) in [5, 5.41) is 13.7. The fraction of sp³-hybridized carbons (Fsp3) is 0.375. The first-order chi connectivity index (χ1) is 10.3. The van der Waals surface area contributed by atoms with Crippen LogP contribution in [-0.4, -0.2) is 27.0 Å². The van der Waals surface area contributed by atoms with Gasteiger partial charge in [-0.25, -0.2) is 9.48 Å². The number of carboxylic acid groups (broad SMARTS) is 1. The van der Waals surface area contributed by atoms with E-state index >= 15 is 0 Å². The van der Waals surface area contributed by atoms with Crippen molar-refractivity contribution >= 4 is 5.97 Å². The van der Waals surface area contributed by atoms with Crippen LogP contribution in [0, 0.1) is 0 Å². The number of nitrogens with zero attached hydrogens (tertiary/aromatic N) is 2. The van der Waals surface area contributed by atoms with E-state index in [1.165, 1.54) is 17.3 Å². The Balaban J connectivity index is 1.91. The molecule has 1 aromatic carbocycles. The first-order valence-electron chi connectivity index (χ1n) is 7.29. The molecule has 5 heteroatoms. The fourth-order valence-corrected chi connectivity index (χ4v) is 2.74. The topological polar surface area (TPSA) is 64.3 Å². The van der Waals surface area contributed by atoms with Crippen molar-refractivity contribution in [1.82, 2.24) is 9.78 Å². The number of benzene rings is 1. The second kappa shape index (κ2) is 5.99. The smallest absolute Gasteiger partial charge is 0.358 e. The van der Waals surface area contributed by atoms with Crippen LogP contribution in [0.25, 0.3) is 5.69 Å². The molecule has 1 heterocycles. The van der Waals surface area contributed by atoms with E-state index in [9.17, 15) is 9.90 Å². The van der Waals surface area contributed by atoms with Crippen molar-refractivity contribution in [2.75, 3.05) is 0 Å². The summed E-state index contributed by atoms with van der Waals surface area (Å²) in [5.41, 5.74) is 0.806. The monoisotopic (exact) mass is 286 g/mol. The second-order valence-electron chi connectivity index (χ2n) is 5.29. The zero-order valence-corrected chi connectivity index (χ0v) is 11.7. The molecule has 0 saturated heterocycles.